The average Bonchev–Trinajstić information content (AvgIpc) is 2.48. The van der Waals surface area contributed by atoms with E-state index in [0.717, 1.165) is 5.56 Å². The van der Waals surface area contributed by atoms with Gasteiger partial charge in [0.25, 0.3) is 10.0 Å². The smallest absolute Gasteiger partial charge is 0.264 e. The maximum atomic E-state index is 12.3. The van der Waals surface area contributed by atoms with Crippen molar-refractivity contribution < 1.29 is 17.9 Å². The Hall–Kier alpha value is -2.55. The van der Waals surface area contributed by atoms with Gasteiger partial charge in [0, 0.05) is 5.69 Å². The molecule has 0 radical (unpaired) electrons. The number of anilines is 2. The van der Waals surface area contributed by atoms with Crippen LogP contribution < -0.4 is 19.9 Å². The van der Waals surface area contributed by atoms with Crippen LogP contribution in [0.15, 0.2) is 29.2 Å². The summed E-state index contributed by atoms with van der Waals surface area (Å²) in [4.78, 5) is 7.85. The van der Waals surface area contributed by atoms with Gasteiger partial charge in [0.2, 0.25) is 17.7 Å². The summed E-state index contributed by atoms with van der Waals surface area (Å²) in [6, 6.07) is 5.87. The summed E-state index contributed by atoms with van der Waals surface area (Å²) in [5, 5.41) is 0. The van der Waals surface area contributed by atoms with Crippen LogP contribution in [-0.4, -0.2) is 32.6 Å². The quantitative estimate of drug-likeness (QED) is 0.793. The van der Waals surface area contributed by atoms with Crippen LogP contribution in [0.2, 0.25) is 0 Å². The van der Waals surface area contributed by atoms with E-state index in [-0.39, 0.29) is 22.6 Å². The van der Waals surface area contributed by atoms with Crippen molar-refractivity contribution in [2.75, 3.05) is 24.7 Å². The summed E-state index contributed by atoms with van der Waals surface area (Å²) in [6.07, 6.45) is 0. The number of sulfonamides is 1. The standard InChI is InChI=1S/C13H16N4O4S/c1-8-4-5-9(6-10(8)14)22(18,19)17-13-15-11(20-2)7-12(16-13)21-3/h4-7H,14H2,1-3H3,(H,15,16,17). The zero-order valence-corrected chi connectivity index (χ0v) is 13.1. The Labute approximate surface area is 128 Å². The first-order valence-corrected chi connectivity index (χ1v) is 7.70. The zero-order chi connectivity index (χ0) is 16.3. The molecule has 1 aromatic heterocycles. The fourth-order valence-electron chi connectivity index (χ4n) is 1.62. The minimum absolute atomic E-state index is 0.0148. The van der Waals surface area contributed by atoms with Crippen molar-refractivity contribution in [2.45, 2.75) is 11.8 Å². The summed E-state index contributed by atoms with van der Waals surface area (Å²) in [5.74, 6) is 0.191. The number of nitrogens with one attached hydrogen (secondary N) is 1. The molecule has 0 fully saturated rings. The fraction of sp³-hybridized carbons (Fsp3) is 0.231. The first-order chi connectivity index (χ1) is 10.4. The van der Waals surface area contributed by atoms with Crippen LogP contribution in [0.25, 0.3) is 0 Å². The van der Waals surface area contributed by atoms with E-state index in [4.69, 9.17) is 15.2 Å². The van der Waals surface area contributed by atoms with Gasteiger partial charge < -0.3 is 15.2 Å². The number of hydrogen-bond acceptors (Lipinski definition) is 7. The van der Waals surface area contributed by atoms with Crippen LogP contribution in [0, 0.1) is 6.92 Å². The van der Waals surface area contributed by atoms with E-state index in [9.17, 15) is 8.42 Å². The third-order valence-corrected chi connectivity index (χ3v) is 4.21. The van der Waals surface area contributed by atoms with Crippen LogP contribution in [0.3, 0.4) is 0 Å². The molecule has 0 aliphatic carbocycles. The second-order valence-electron chi connectivity index (χ2n) is 4.40. The Morgan fingerprint density at radius 2 is 1.68 bits per heavy atom. The minimum atomic E-state index is -3.87. The van der Waals surface area contributed by atoms with E-state index in [0.29, 0.717) is 5.69 Å². The number of aryl methyl sites for hydroxylation is 1. The minimum Gasteiger partial charge on any atom is -0.481 e. The fourth-order valence-corrected chi connectivity index (χ4v) is 2.60. The lowest BCUT2D eigenvalue weighted by Gasteiger charge is -2.10. The molecule has 0 amide bonds. The van der Waals surface area contributed by atoms with Crippen molar-refractivity contribution in [3.63, 3.8) is 0 Å². The Morgan fingerprint density at radius 1 is 1.09 bits per heavy atom. The molecule has 2 rings (SSSR count). The molecule has 0 aliphatic heterocycles. The van der Waals surface area contributed by atoms with Gasteiger partial charge in [-0.3, -0.25) is 0 Å². The summed E-state index contributed by atoms with van der Waals surface area (Å²) < 4.78 is 36.9. The largest absolute Gasteiger partial charge is 0.481 e. The third-order valence-electron chi connectivity index (χ3n) is 2.88. The van der Waals surface area contributed by atoms with Gasteiger partial charge in [-0.05, 0) is 24.6 Å². The molecule has 9 heteroatoms. The molecule has 0 spiro atoms. The number of ether oxygens (including phenoxy) is 2. The molecule has 0 unspecified atom stereocenters. The topological polar surface area (TPSA) is 116 Å². The van der Waals surface area contributed by atoms with E-state index in [1.807, 2.05) is 0 Å². The monoisotopic (exact) mass is 324 g/mol. The second-order valence-corrected chi connectivity index (χ2v) is 6.08. The van der Waals surface area contributed by atoms with Crippen LogP contribution in [0.4, 0.5) is 11.6 Å². The van der Waals surface area contributed by atoms with Gasteiger partial charge in [0.15, 0.2) is 0 Å². The van der Waals surface area contributed by atoms with Gasteiger partial charge in [-0.25, -0.2) is 13.1 Å². The zero-order valence-electron chi connectivity index (χ0n) is 12.3. The number of nitrogens with two attached hydrogens (primary N) is 1. The second kappa shape index (κ2) is 6.06. The van der Waals surface area contributed by atoms with Crippen LogP contribution in [0.1, 0.15) is 5.56 Å². The normalized spacial score (nSPS) is 11.0. The van der Waals surface area contributed by atoms with Crippen molar-refractivity contribution in [1.82, 2.24) is 9.97 Å². The molecular formula is C13H16N4O4S. The Balaban J connectivity index is 2.37. The number of aromatic nitrogens is 2. The number of nitrogen functional groups attached to an aromatic ring is 1. The number of hydrogen-bond donors (Lipinski definition) is 2. The average molecular weight is 324 g/mol. The van der Waals surface area contributed by atoms with Gasteiger partial charge in [0.05, 0.1) is 25.2 Å². The highest BCUT2D eigenvalue weighted by molar-refractivity contribution is 7.92. The summed E-state index contributed by atoms with van der Waals surface area (Å²) in [7, 11) is -1.06. The lowest BCUT2D eigenvalue weighted by atomic mass is 10.2. The van der Waals surface area contributed by atoms with Crippen LogP contribution >= 0.6 is 0 Å². The molecule has 2 aromatic rings. The van der Waals surface area contributed by atoms with Gasteiger partial charge in [0.1, 0.15) is 0 Å². The summed E-state index contributed by atoms with van der Waals surface area (Å²) in [5.41, 5.74) is 6.91. The molecule has 8 nitrogen and oxygen atoms in total. The van der Waals surface area contributed by atoms with Gasteiger partial charge in [-0.15, -0.1) is 0 Å². The van der Waals surface area contributed by atoms with E-state index in [1.165, 1.54) is 32.4 Å². The highest BCUT2D eigenvalue weighted by Gasteiger charge is 2.18. The molecule has 0 saturated carbocycles. The number of methoxy groups -OCH3 is 2. The Bertz CT molecular complexity index is 770. The maximum absolute atomic E-state index is 12.3. The van der Waals surface area contributed by atoms with Crippen molar-refractivity contribution in [3.05, 3.63) is 29.8 Å². The predicted molar refractivity (Wildman–Crippen MR) is 81.5 cm³/mol. The lowest BCUT2D eigenvalue weighted by molar-refractivity contribution is 0.373. The van der Waals surface area contributed by atoms with Crippen molar-refractivity contribution in [3.8, 4) is 11.8 Å². The molecule has 0 aliphatic rings. The molecule has 22 heavy (non-hydrogen) atoms. The van der Waals surface area contributed by atoms with E-state index in [1.54, 1.807) is 13.0 Å². The predicted octanol–water partition coefficient (Wildman–Crippen LogP) is 1.19. The first-order valence-electron chi connectivity index (χ1n) is 6.21. The van der Waals surface area contributed by atoms with Gasteiger partial charge in [-0.2, -0.15) is 9.97 Å². The number of nitrogens with zero attached hydrogens (tertiary/aromatic N) is 2. The number of benzene rings is 1. The van der Waals surface area contributed by atoms with E-state index < -0.39 is 10.0 Å². The Morgan fingerprint density at radius 3 is 2.18 bits per heavy atom. The molecule has 0 saturated heterocycles. The number of rotatable bonds is 5. The molecule has 0 atom stereocenters. The lowest BCUT2D eigenvalue weighted by Crippen LogP contribution is -2.16. The molecule has 118 valence electrons. The van der Waals surface area contributed by atoms with Gasteiger partial charge in [-0.1, -0.05) is 6.07 Å². The van der Waals surface area contributed by atoms with Crippen molar-refractivity contribution in [2.24, 2.45) is 0 Å². The summed E-state index contributed by atoms with van der Waals surface area (Å²) >= 11 is 0. The highest BCUT2D eigenvalue weighted by atomic mass is 32.2. The van der Waals surface area contributed by atoms with Crippen LogP contribution in [-0.2, 0) is 10.0 Å². The van der Waals surface area contributed by atoms with Crippen molar-refractivity contribution >= 4 is 21.7 Å². The third kappa shape index (κ3) is 3.37. The maximum Gasteiger partial charge on any atom is 0.264 e. The molecule has 1 heterocycles. The van der Waals surface area contributed by atoms with E-state index >= 15 is 0 Å². The van der Waals surface area contributed by atoms with E-state index in [2.05, 4.69) is 14.7 Å². The SMILES string of the molecule is COc1cc(OC)nc(NS(=O)(=O)c2ccc(C)c(N)c2)n1. The summed E-state index contributed by atoms with van der Waals surface area (Å²) in [6.45, 7) is 1.79. The van der Waals surface area contributed by atoms with Crippen molar-refractivity contribution in [1.29, 1.82) is 0 Å². The molecular weight excluding hydrogens is 308 g/mol. The first kappa shape index (κ1) is 15.8. The van der Waals surface area contributed by atoms with Gasteiger partial charge >= 0.3 is 0 Å². The van der Waals surface area contributed by atoms with Crippen LogP contribution in [0.5, 0.6) is 11.8 Å². The molecule has 1 aromatic carbocycles. The Kier molecular flexibility index (Phi) is 4.36. The highest BCUT2D eigenvalue weighted by Crippen LogP contribution is 2.22. The molecule has 3 N–H and O–H groups in total. The molecule has 0 bridgehead atoms.